The number of carbonyl (C=O) groups excluding carboxylic acids is 2. The highest BCUT2D eigenvalue weighted by Gasteiger charge is 2.22. The smallest absolute Gasteiger partial charge is 0.331 e. The number of benzene rings is 1. The SMILES string of the molecule is Cc1cc(C(=O)COC(=O)/C=C/c2cc3c(cc2[N+](=O)[O-])OCO3)c(C)s1. The Kier molecular flexibility index (Phi) is 5.22. The zero-order valence-corrected chi connectivity index (χ0v) is 15.3. The molecule has 1 aromatic heterocycles. The van der Waals surface area contributed by atoms with Crippen molar-refractivity contribution in [1.29, 1.82) is 0 Å². The predicted molar refractivity (Wildman–Crippen MR) is 97.3 cm³/mol. The number of nitrogens with zero attached hydrogens (tertiary/aromatic N) is 1. The van der Waals surface area contributed by atoms with Crippen LogP contribution < -0.4 is 9.47 Å². The molecule has 0 amide bonds. The Morgan fingerprint density at radius 2 is 1.96 bits per heavy atom. The summed E-state index contributed by atoms with van der Waals surface area (Å²) in [6.45, 7) is 3.29. The van der Waals surface area contributed by atoms with Gasteiger partial charge in [0.15, 0.2) is 18.1 Å². The topological polar surface area (TPSA) is 105 Å². The van der Waals surface area contributed by atoms with E-state index >= 15 is 0 Å². The minimum atomic E-state index is -0.778. The van der Waals surface area contributed by atoms with E-state index in [1.54, 1.807) is 6.07 Å². The Morgan fingerprint density at radius 1 is 1.26 bits per heavy atom. The largest absolute Gasteiger partial charge is 0.454 e. The van der Waals surface area contributed by atoms with Gasteiger partial charge in [0.2, 0.25) is 12.6 Å². The number of hydrogen-bond acceptors (Lipinski definition) is 8. The first kappa shape index (κ1) is 18.6. The zero-order valence-electron chi connectivity index (χ0n) is 14.5. The first-order valence-electron chi connectivity index (χ1n) is 7.88. The van der Waals surface area contributed by atoms with E-state index in [0.29, 0.717) is 11.3 Å². The number of fused-ring (bicyclic) bond motifs is 1. The van der Waals surface area contributed by atoms with Gasteiger partial charge in [-0.05, 0) is 32.1 Å². The second kappa shape index (κ2) is 7.58. The number of esters is 1. The Hall–Kier alpha value is -3.20. The molecule has 0 aliphatic carbocycles. The van der Waals surface area contributed by atoms with Crippen molar-refractivity contribution in [3.8, 4) is 11.5 Å². The van der Waals surface area contributed by atoms with Crippen LogP contribution in [-0.4, -0.2) is 30.1 Å². The number of carbonyl (C=O) groups is 2. The standard InChI is InChI=1S/C18H15NO7S/c1-10-5-13(11(2)27-10)15(20)8-24-18(21)4-3-12-6-16-17(26-9-25-16)7-14(12)19(22)23/h3-7H,8-9H2,1-2H3/b4-3+. The van der Waals surface area contributed by atoms with Gasteiger partial charge in [-0.1, -0.05) is 0 Å². The van der Waals surface area contributed by atoms with Crippen molar-refractivity contribution < 1.29 is 28.7 Å². The number of nitro groups is 1. The highest BCUT2D eigenvalue weighted by atomic mass is 32.1. The normalized spacial score (nSPS) is 12.4. The Bertz CT molecular complexity index is 961. The number of Topliss-reactive ketones (excluding diaryl/α,β-unsaturated/α-hetero) is 1. The summed E-state index contributed by atoms with van der Waals surface area (Å²) in [6, 6.07) is 4.40. The summed E-state index contributed by atoms with van der Waals surface area (Å²) in [5.74, 6) is -0.451. The molecule has 27 heavy (non-hydrogen) atoms. The van der Waals surface area contributed by atoms with Crippen molar-refractivity contribution in [1.82, 2.24) is 0 Å². The molecule has 140 valence electrons. The van der Waals surface area contributed by atoms with E-state index in [1.165, 1.54) is 29.5 Å². The molecule has 0 spiro atoms. The van der Waals surface area contributed by atoms with Gasteiger partial charge in [0.05, 0.1) is 16.6 Å². The molecule has 1 aliphatic heterocycles. The van der Waals surface area contributed by atoms with Gasteiger partial charge in [-0.2, -0.15) is 0 Å². The maximum absolute atomic E-state index is 12.1. The third-order valence-electron chi connectivity index (χ3n) is 3.80. The van der Waals surface area contributed by atoms with Gasteiger partial charge < -0.3 is 14.2 Å². The lowest BCUT2D eigenvalue weighted by Crippen LogP contribution is -2.12. The minimum absolute atomic E-state index is 0.0225. The van der Waals surface area contributed by atoms with Crippen LogP contribution in [0, 0.1) is 24.0 Å². The van der Waals surface area contributed by atoms with E-state index in [4.69, 9.17) is 14.2 Å². The van der Waals surface area contributed by atoms with Crippen LogP contribution in [0.1, 0.15) is 25.7 Å². The van der Waals surface area contributed by atoms with Gasteiger partial charge >= 0.3 is 5.97 Å². The second-order valence-electron chi connectivity index (χ2n) is 5.71. The summed E-state index contributed by atoms with van der Waals surface area (Å²) in [4.78, 5) is 36.4. The van der Waals surface area contributed by atoms with E-state index in [1.807, 2.05) is 13.8 Å². The van der Waals surface area contributed by atoms with Gasteiger partial charge in [-0.3, -0.25) is 14.9 Å². The first-order valence-corrected chi connectivity index (χ1v) is 8.70. The lowest BCUT2D eigenvalue weighted by Gasteiger charge is -2.02. The summed E-state index contributed by atoms with van der Waals surface area (Å²) in [6.07, 6.45) is 2.27. The lowest BCUT2D eigenvalue weighted by molar-refractivity contribution is -0.385. The molecule has 0 N–H and O–H groups in total. The van der Waals surface area contributed by atoms with Crippen molar-refractivity contribution in [2.75, 3.05) is 13.4 Å². The first-order chi connectivity index (χ1) is 12.8. The molecular formula is C18H15NO7S. The molecule has 1 aromatic carbocycles. The van der Waals surface area contributed by atoms with Gasteiger partial charge in [0.1, 0.15) is 0 Å². The van der Waals surface area contributed by atoms with Crippen LogP contribution in [0.5, 0.6) is 11.5 Å². The van der Waals surface area contributed by atoms with Crippen molar-refractivity contribution in [3.63, 3.8) is 0 Å². The molecule has 0 radical (unpaired) electrons. The highest BCUT2D eigenvalue weighted by Crippen LogP contribution is 2.38. The van der Waals surface area contributed by atoms with Crippen LogP contribution in [-0.2, 0) is 9.53 Å². The summed E-state index contributed by atoms with van der Waals surface area (Å²) in [7, 11) is 0. The number of rotatable bonds is 6. The average Bonchev–Trinajstić information content (AvgIpc) is 3.21. The molecule has 0 bridgehead atoms. The predicted octanol–water partition coefficient (Wildman–Crippen LogP) is 3.44. The molecule has 0 unspecified atom stereocenters. The summed E-state index contributed by atoms with van der Waals surface area (Å²) < 4.78 is 15.2. The Balaban J connectivity index is 1.67. The highest BCUT2D eigenvalue weighted by molar-refractivity contribution is 7.12. The molecule has 9 heteroatoms. The van der Waals surface area contributed by atoms with Crippen LogP contribution in [0.3, 0.4) is 0 Å². The van der Waals surface area contributed by atoms with Gasteiger partial charge in [-0.25, -0.2) is 4.79 Å². The number of hydrogen-bond donors (Lipinski definition) is 0. The fourth-order valence-electron chi connectivity index (χ4n) is 2.57. The van der Waals surface area contributed by atoms with E-state index in [9.17, 15) is 19.7 Å². The van der Waals surface area contributed by atoms with Crippen molar-refractivity contribution >= 4 is 34.9 Å². The van der Waals surface area contributed by atoms with Crippen LogP contribution in [0.25, 0.3) is 6.08 Å². The molecule has 8 nitrogen and oxygen atoms in total. The van der Waals surface area contributed by atoms with Crippen LogP contribution in [0.4, 0.5) is 5.69 Å². The number of ether oxygens (including phenoxy) is 3. The zero-order chi connectivity index (χ0) is 19.6. The van der Waals surface area contributed by atoms with Crippen LogP contribution >= 0.6 is 11.3 Å². The van der Waals surface area contributed by atoms with E-state index < -0.39 is 17.5 Å². The van der Waals surface area contributed by atoms with E-state index in [0.717, 1.165) is 15.8 Å². The molecule has 2 heterocycles. The Labute approximate surface area is 158 Å². The van der Waals surface area contributed by atoms with Gasteiger partial charge in [0.25, 0.3) is 5.69 Å². The van der Waals surface area contributed by atoms with Crippen molar-refractivity contribution in [3.05, 3.63) is 55.3 Å². The van der Waals surface area contributed by atoms with Gasteiger partial charge in [0, 0.05) is 21.4 Å². The summed E-state index contributed by atoms with van der Waals surface area (Å²) in [5.41, 5.74) is 0.460. The fraction of sp³-hybridized carbons (Fsp3) is 0.222. The number of ketones is 1. The minimum Gasteiger partial charge on any atom is -0.454 e. The lowest BCUT2D eigenvalue weighted by atomic mass is 10.1. The van der Waals surface area contributed by atoms with E-state index in [2.05, 4.69) is 0 Å². The molecule has 0 saturated carbocycles. The quantitative estimate of drug-likeness (QED) is 0.245. The summed E-state index contributed by atoms with van der Waals surface area (Å²) >= 11 is 1.49. The summed E-state index contributed by atoms with van der Waals surface area (Å²) in [5, 5.41) is 11.2. The van der Waals surface area contributed by atoms with E-state index in [-0.39, 0.29) is 29.6 Å². The van der Waals surface area contributed by atoms with Gasteiger partial charge in [-0.15, -0.1) is 11.3 Å². The number of aryl methyl sites for hydroxylation is 2. The molecular weight excluding hydrogens is 374 g/mol. The molecule has 1 aliphatic rings. The fourth-order valence-corrected chi connectivity index (χ4v) is 3.51. The molecule has 3 rings (SSSR count). The molecule has 2 aromatic rings. The van der Waals surface area contributed by atoms with Crippen molar-refractivity contribution in [2.45, 2.75) is 13.8 Å². The number of nitro benzene ring substituents is 1. The second-order valence-corrected chi connectivity index (χ2v) is 7.17. The van der Waals surface area contributed by atoms with Crippen molar-refractivity contribution in [2.24, 2.45) is 0 Å². The molecule has 0 fully saturated rings. The number of thiophene rings is 1. The third kappa shape index (κ3) is 4.14. The molecule has 0 atom stereocenters. The Morgan fingerprint density at radius 3 is 2.59 bits per heavy atom. The third-order valence-corrected chi connectivity index (χ3v) is 4.77. The van der Waals surface area contributed by atoms with Crippen LogP contribution in [0.15, 0.2) is 24.3 Å². The maximum Gasteiger partial charge on any atom is 0.331 e. The maximum atomic E-state index is 12.1. The molecule has 0 saturated heterocycles. The van der Waals surface area contributed by atoms with Crippen LogP contribution in [0.2, 0.25) is 0 Å². The average molecular weight is 389 g/mol. The monoisotopic (exact) mass is 389 g/mol.